The van der Waals surface area contributed by atoms with Crippen molar-refractivity contribution < 1.29 is 4.39 Å². The maximum Gasteiger partial charge on any atom is 0.174 e. The fourth-order valence-corrected chi connectivity index (χ4v) is 0.127. The normalized spacial score (nSPS) is 12.7. The molecule has 0 amide bonds. The Balaban J connectivity index is 3.55. The molecule has 0 aliphatic carbocycles. The third-order valence-corrected chi connectivity index (χ3v) is 0.504. The summed E-state index contributed by atoms with van der Waals surface area (Å²) in [4.78, 5) is 0. The maximum absolute atomic E-state index is 11.8. The lowest BCUT2D eigenvalue weighted by molar-refractivity contribution is 0.488. The molecule has 7 heavy (non-hydrogen) atoms. The molecule has 0 aromatic rings. The second-order valence-electron chi connectivity index (χ2n) is 1.09. The number of hydrogen-bond donors (Lipinski definition) is 2. The predicted octanol–water partition coefficient (Wildman–Crippen LogP) is 0.446. The summed E-state index contributed by atoms with van der Waals surface area (Å²) in [5.74, 6) is -0.491. The number of nitrogens with two attached hydrogens (primary N) is 1. The number of amidine groups is 1. The van der Waals surface area contributed by atoms with Crippen molar-refractivity contribution in [2.24, 2.45) is 5.73 Å². The topological polar surface area (TPSA) is 49.9 Å². The molecule has 2 nitrogen and oxygen atoms in total. The van der Waals surface area contributed by atoms with Crippen molar-refractivity contribution in [3.8, 4) is 0 Å². The van der Waals surface area contributed by atoms with Crippen LogP contribution in [0.15, 0.2) is 12.7 Å². The van der Waals surface area contributed by atoms with Crippen LogP contribution in [0, 0.1) is 5.41 Å². The van der Waals surface area contributed by atoms with Gasteiger partial charge in [0.1, 0.15) is 5.84 Å². The van der Waals surface area contributed by atoms with Gasteiger partial charge in [0.05, 0.1) is 0 Å². The number of alkyl halides is 1. The van der Waals surface area contributed by atoms with E-state index < -0.39 is 12.0 Å². The first-order valence-electron chi connectivity index (χ1n) is 1.79. The predicted molar refractivity (Wildman–Crippen MR) is 27.0 cm³/mol. The monoisotopic (exact) mass is 102 g/mol. The number of rotatable bonds is 2. The second-order valence-corrected chi connectivity index (χ2v) is 1.09. The minimum absolute atomic E-state index is 0.491. The van der Waals surface area contributed by atoms with Crippen molar-refractivity contribution in [3.63, 3.8) is 0 Å². The average molecular weight is 102 g/mol. The van der Waals surface area contributed by atoms with Gasteiger partial charge in [-0.15, -0.1) is 0 Å². The molecule has 0 rings (SSSR count). The van der Waals surface area contributed by atoms with Gasteiger partial charge >= 0.3 is 0 Å². The Morgan fingerprint density at radius 2 is 2.43 bits per heavy atom. The van der Waals surface area contributed by atoms with Crippen LogP contribution in [0.3, 0.4) is 0 Å². The summed E-state index contributed by atoms with van der Waals surface area (Å²) in [6.45, 7) is 3.09. The van der Waals surface area contributed by atoms with Gasteiger partial charge in [-0.1, -0.05) is 12.7 Å². The molecule has 0 bridgehead atoms. The molecule has 3 N–H and O–H groups in total. The minimum atomic E-state index is -1.47. The van der Waals surface area contributed by atoms with Gasteiger partial charge in [-0.05, 0) is 0 Å². The highest BCUT2D eigenvalue weighted by atomic mass is 19.1. The Bertz CT molecular complexity index is 89.7. The van der Waals surface area contributed by atoms with Crippen molar-refractivity contribution in [2.45, 2.75) is 6.17 Å². The Kier molecular flexibility index (Phi) is 2.05. The third kappa shape index (κ3) is 1.92. The lowest BCUT2D eigenvalue weighted by atomic mass is 10.4. The molecule has 0 fully saturated rings. The lowest BCUT2D eigenvalue weighted by Gasteiger charge is -1.93. The van der Waals surface area contributed by atoms with E-state index in [0.717, 1.165) is 6.08 Å². The molecule has 0 radical (unpaired) electrons. The molecule has 1 atom stereocenters. The summed E-state index contributed by atoms with van der Waals surface area (Å²) in [5.41, 5.74) is 4.68. The molecular formula is C4H7FN2. The number of hydrogen-bond acceptors (Lipinski definition) is 1. The van der Waals surface area contributed by atoms with Gasteiger partial charge in [0.25, 0.3) is 0 Å². The van der Waals surface area contributed by atoms with E-state index in [0.29, 0.717) is 0 Å². The zero-order valence-corrected chi connectivity index (χ0v) is 3.82. The SMILES string of the molecule is C=CC(F)C(=N)N. The minimum Gasteiger partial charge on any atom is -0.385 e. The largest absolute Gasteiger partial charge is 0.385 e. The molecule has 0 aromatic carbocycles. The van der Waals surface area contributed by atoms with Crippen LogP contribution in [0.1, 0.15) is 0 Å². The summed E-state index contributed by atoms with van der Waals surface area (Å²) in [6.07, 6.45) is -0.498. The van der Waals surface area contributed by atoms with Crippen LogP contribution >= 0.6 is 0 Å². The molecule has 40 valence electrons. The Labute approximate surface area is 41.3 Å². The third-order valence-electron chi connectivity index (χ3n) is 0.504. The van der Waals surface area contributed by atoms with Gasteiger partial charge in [-0.2, -0.15) is 0 Å². The molecule has 0 aliphatic heterocycles. The Hall–Kier alpha value is -0.860. The van der Waals surface area contributed by atoms with E-state index in [-0.39, 0.29) is 0 Å². The van der Waals surface area contributed by atoms with Crippen LogP contribution in [0.2, 0.25) is 0 Å². The fourth-order valence-electron chi connectivity index (χ4n) is 0.127. The quantitative estimate of drug-likeness (QED) is 0.297. The second kappa shape index (κ2) is 2.34. The van der Waals surface area contributed by atoms with Crippen molar-refractivity contribution >= 4 is 5.84 Å². The molecule has 0 aromatic heterocycles. The van der Waals surface area contributed by atoms with Crippen molar-refractivity contribution in [2.75, 3.05) is 0 Å². The highest BCUT2D eigenvalue weighted by Crippen LogP contribution is 1.86. The Morgan fingerprint density at radius 3 is 2.43 bits per heavy atom. The van der Waals surface area contributed by atoms with Crippen LogP contribution in [-0.4, -0.2) is 12.0 Å². The molecule has 0 saturated heterocycles. The van der Waals surface area contributed by atoms with Crippen LogP contribution < -0.4 is 5.73 Å². The van der Waals surface area contributed by atoms with E-state index in [2.05, 4.69) is 12.3 Å². The van der Waals surface area contributed by atoms with Crippen LogP contribution in [0.5, 0.6) is 0 Å². The van der Waals surface area contributed by atoms with Crippen LogP contribution in [0.4, 0.5) is 4.39 Å². The van der Waals surface area contributed by atoms with E-state index in [1.807, 2.05) is 0 Å². The van der Waals surface area contributed by atoms with Gasteiger partial charge < -0.3 is 5.73 Å². The summed E-state index contributed by atoms with van der Waals surface area (Å²) in [6, 6.07) is 0. The molecule has 0 aliphatic rings. The average Bonchev–Trinajstić information content (AvgIpc) is 1.65. The summed E-state index contributed by atoms with van der Waals surface area (Å²) in [5, 5.41) is 6.43. The zero-order chi connectivity index (χ0) is 5.86. The van der Waals surface area contributed by atoms with Crippen LogP contribution in [-0.2, 0) is 0 Å². The smallest absolute Gasteiger partial charge is 0.174 e. The van der Waals surface area contributed by atoms with E-state index >= 15 is 0 Å². The molecular weight excluding hydrogens is 95.1 g/mol. The fraction of sp³-hybridized carbons (Fsp3) is 0.250. The summed E-state index contributed by atoms with van der Waals surface area (Å²) >= 11 is 0. The summed E-state index contributed by atoms with van der Waals surface area (Å²) < 4.78 is 11.8. The highest BCUT2D eigenvalue weighted by molar-refractivity contribution is 5.83. The van der Waals surface area contributed by atoms with Gasteiger partial charge in [0.15, 0.2) is 6.17 Å². The first kappa shape index (κ1) is 6.14. The van der Waals surface area contributed by atoms with Crippen molar-refractivity contribution in [1.82, 2.24) is 0 Å². The Morgan fingerprint density at radius 1 is 2.00 bits per heavy atom. The molecule has 0 spiro atoms. The molecule has 3 heteroatoms. The first-order valence-corrected chi connectivity index (χ1v) is 1.79. The van der Waals surface area contributed by atoms with E-state index in [4.69, 9.17) is 5.41 Å². The van der Waals surface area contributed by atoms with Gasteiger partial charge in [0.2, 0.25) is 0 Å². The summed E-state index contributed by atoms with van der Waals surface area (Å²) in [7, 11) is 0. The van der Waals surface area contributed by atoms with Crippen molar-refractivity contribution in [3.05, 3.63) is 12.7 Å². The molecule has 0 saturated carbocycles. The lowest BCUT2D eigenvalue weighted by Crippen LogP contribution is -2.20. The zero-order valence-electron chi connectivity index (χ0n) is 3.82. The number of nitrogens with one attached hydrogen (secondary N) is 1. The van der Waals surface area contributed by atoms with Gasteiger partial charge in [-0.25, -0.2) is 4.39 Å². The van der Waals surface area contributed by atoms with Crippen LogP contribution in [0.25, 0.3) is 0 Å². The van der Waals surface area contributed by atoms with Gasteiger partial charge in [0, 0.05) is 0 Å². The first-order chi connectivity index (χ1) is 3.18. The highest BCUT2D eigenvalue weighted by Gasteiger charge is 2.00. The molecule has 1 unspecified atom stereocenters. The van der Waals surface area contributed by atoms with E-state index in [1.54, 1.807) is 0 Å². The van der Waals surface area contributed by atoms with Crippen molar-refractivity contribution in [1.29, 1.82) is 5.41 Å². The standard InChI is InChI=1S/C4H7FN2/c1-2-3(5)4(6)7/h2-3H,1H2,(H3,6,7). The maximum atomic E-state index is 11.8. The molecule has 0 heterocycles. The van der Waals surface area contributed by atoms with E-state index in [1.165, 1.54) is 0 Å². The van der Waals surface area contributed by atoms with Gasteiger partial charge in [-0.3, -0.25) is 5.41 Å². The van der Waals surface area contributed by atoms with E-state index in [9.17, 15) is 4.39 Å². The number of halogens is 1.